The molecular weight excluding hydrogens is 220 g/mol. The Labute approximate surface area is 103 Å². The van der Waals surface area contributed by atoms with E-state index in [1.54, 1.807) is 19.1 Å². The van der Waals surface area contributed by atoms with Crippen LogP contribution >= 0.6 is 0 Å². The number of ether oxygens (including phenoxy) is 1. The standard InChI is InChI=1S/C12H24N2O3/c1-13(9-11(15)10-17-2)12(16)5-8-14-6-3-4-7-14/h11,15H,3-10H2,1-2H3. The zero-order valence-electron chi connectivity index (χ0n) is 10.9. The lowest BCUT2D eigenvalue weighted by molar-refractivity contribution is -0.131. The third kappa shape index (κ3) is 5.48. The summed E-state index contributed by atoms with van der Waals surface area (Å²) in [5, 5.41) is 9.52. The lowest BCUT2D eigenvalue weighted by Crippen LogP contribution is -2.37. The topological polar surface area (TPSA) is 53.0 Å². The predicted octanol–water partition coefficient (Wildman–Crippen LogP) is -0.0620. The van der Waals surface area contributed by atoms with Crippen molar-refractivity contribution in [3.05, 3.63) is 0 Å². The van der Waals surface area contributed by atoms with Crippen molar-refractivity contribution in [2.24, 2.45) is 0 Å². The number of aliphatic hydroxyl groups excluding tert-OH is 1. The average molecular weight is 244 g/mol. The van der Waals surface area contributed by atoms with Gasteiger partial charge in [0, 0.05) is 33.7 Å². The van der Waals surface area contributed by atoms with E-state index in [4.69, 9.17) is 4.74 Å². The number of amides is 1. The summed E-state index contributed by atoms with van der Waals surface area (Å²) < 4.78 is 4.83. The molecule has 5 heteroatoms. The van der Waals surface area contributed by atoms with Gasteiger partial charge < -0.3 is 19.6 Å². The van der Waals surface area contributed by atoms with Gasteiger partial charge in [0.1, 0.15) is 0 Å². The fraction of sp³-hybridized carbons (Fsp3) is 0.917. The summed E-state index contributed by atoms with van der Waals surface area (Å²) in [4.78, 5) is 15.7. The van der Waals surface area contributed by atoms with Gasteiger partial charge in [-0.05, 0) is 25.9 Å². The van der Waals surface area contributed by atoms with E-state index in [2.05, 4.69) is 4.90 Å². The summed E-state index contributed by atoms with van der Waals surface area (Å²) in [6.07, 6.45) is 2.43. The molecule has 0 aromatic rings. The molecule has 1 saturated heterocycles. The van der Waals surface area contributed by atoms with E-state index >= 15 is 0 Å². The fourth-order valence-corrected chi connectivity index (χ4v) is 2.11. The van der Waals surface area contributed by atoms with Crippen LogP contribution in [0.15, 0.2) is 0 Å². The molecule has 1 rings (SSSR count). The number of methoxy groups -OCH3 is 1. The Kier molecular flexibility index (Phi) is 6.47. The summed E-state index contributed by atoms with van der Waals surface area (Å²) in [7, 11) is 3.27. The van der Waals surface area contributed by atoms with Crippen molar-refractivity contribution in [3.8, 4) is 0 Å². The molecule has 0 aromatic heterocycles. The molecule has 0 spiro atoms. The van der Waals surface area contributed by atoms with Crippen LogP contribution in [0.25, 0.3) is 0 Å². The smallest absolute Gasteiger partial charge is 0.223 e. The molecule has 100 valence electrons. The Hall–Kier alpha value is -0.650. The van der Waals surface area contributed by atoms with Crippen molar-refractivity contribution in [3.63, 3.8) is 0 Å². The van der Waals surface area contributed by atoms with Crippen molar-refractivity contribution >= 4 is 5.91 Å². The Morgan fingerprint density at radius 3 is 2.71 bits per heavy atom. The van der Waals surface area contributed by atoms with Gasteiger partial charge in [-0.2, -0.15) is 0 Å². The third-order valence-electron chi connectivity index (χ3n) is 3.11. The first-order valence-corrected chi connectivity index (χ1v) is 6.27. The molecule has 0 aromatic carbocycles. The first kappa shape index (κ1) is 14.4. The van der Waals surface area contributed by atoms with E-state index in [0.29, 0.717) is 13.0 Å². The van der Waals surface area contributed by atoms with Crippen LogP contribution in [0, 0.1) is 0 Å². The molecule has 0 bridgehead atoms. The number of hydrogen-bond acceptors (Lipinski definition) is 4. The van der Waals surface area contributed by atoms with Crippen LogP contribution in [0.3, 0.4) is 0 Å². The van der Waals surface area contributed by atoms with Gasteiger partial charge in [0.2, 0.25) is 5.91 Å². The highest BCUT2D eigenvalue weighted by atomic mass is 16.5. The highest BCUT2D eigenvalue weighted by molar-refractivity contribution is 5.76. The van der Waals surface area contributed by atoms with Crippen LogP contribution in [-0.2, 0) is 9.53 Å². The molecule has 1 heterocycles. The number of aliphatic hydroxyl groups is 1. The maximum atomic E-state index is 11.8. The van der Waals surface area contributed by atoms with Crippen molar-refractivity contribution in [1.29, 1.82) is 0 Å². The van der Waals surface area contributed by atoms with Gasteiger partial charge in [-0.3, -0.25) is 4.79 Å². The minimum Gasteiger partial charge on any atom is -0.389 e. The lowest BCUT2D eigenvalue weighted by Gasteiger charge is -2.22. The highest BCUT2D eigenvalue weighted by Gasteiger charge is 2.16. The fourth-order valence-electron chi connectivity index (χ4n) is 2.11. The Bertz CT molecular complexity index is 230. The van der Waals surface area contributed by atoms with Gasteiger partial charge in [-0.1, -0.05) is 0 Å². The maximum absolute atomic E-state index is 11.8. The number of likely N-dealkylation sites (N-methyl/N-ethyl adjacent to an activating group) is 1. The molecule has 1 N–H and O–H groups in total. The predicted molar refractivity (Wildman–Crippen MR) is 65.8 cm³/mol. The van der Waals surface area contributed by atoms with E-state index in [1.807, 2.05) is 0 Å². The quantitative estimate of drug-likeness (QED) is 0.681. The normalized spacial score (nSPS) is 18.3. The van der Waals surface area contributed by atoms with Crippen molar-refractivity contribution < 1.29 is 14.6 Å². The number of nitrogens with zero attached hydrogens (tertiary/aromatic N) is 2. The first-order valence-electron chi connectivity index (χ1n) is 6.27. The Balaban J connectivity index is 2.16. The van der Waals surface area contributed by atoms with E-state index in [0.717, 1.165) is 19.6 Å². The molecule has 0 aliphatic carbocycles. The lowest BCUT2D eigenvalue weighted by atomic mass is 10.3. The van der Waals surface area contributed by atoms with Crippen LogP contribution in [0.4, 0.5) is 0 Å². The first-order chi connectivity index (χ1) is 8.13. The summed E-state index contributed by atoms with van der Waals surface area (Å²) >= 11 is 0. The van der Waals surface area contributed by atoms with Crippen LogP contribution < -0.4 is 0 Å². The van der Waals surface area contributed by atoms with Gasteiger partial charge in [0.05, 0.1) is 12.7 Å². The Morgan fingerprint density at radius 2 is 2.12 bits per heavy atom. The van der Waals surface area contributed by atoms with Gasteiger partial charge in [0.25, 0.3) is 0 Å². The van der Waals surface area contributed by atoms with Gasteiger partial charge >= 0.3 is 0 Å². The molecular formula is C12H24N2O3. The van der Waals surface area contributed by atoms with Gasteiger partial charge in [-0.15, -0.1) is 0 Å². The molecule has 1 atom stereocenters. The molecule has 0 saturated carbocycles. The zero-order chi connectivity index (χ0) is 12.7. The van der Waals surface area contributed by atoms with Crippen LogP contribution in [-0.4, -0.2) is 73.9 Å². The largest absolute Gasteiger partial charge is 0.389 e. The number of carbonyl (C=O) groups is 1. The molecule has 17 heavy (non-hydrogen) atoms. The second-order valence-electron chi connectivity index (χ2n) is 4.68. The zero-order valence-corrected chi connectivity index (χ0v) is 10.9. The summed E-state index contributed by atoms with van der Waals surface area (Å²) in [5.74, 6) is 0.0899. The van der Waals surface area contributed by atoms with E-state index in [1.165, 1.54) is 12.8 Å². The molecule has 1 fully saturated rings. The summed E-state index contributed by atoms with van der Waals surface area (Å²) in [6.45, 7) is 3.67. The SMILES string of the molecule is COCC(O)CN(C)C(=O)CCN1CCCC1. The van der Waals surface area contributed by atoms with Crippen molar-refractivity contribution in [1.82, 2.24) is 9.80 Å². The third-order valence-corrected chi connectivity index (χ3v) is 3.11. The summed E-state index contributed by atoms with van der Waals surface area (Å²) in [6, 6.07) is 0. The second-order valence-corrected chi connectivity index (χ2v) is 4.68. The molecule has 5 nitrogen and oxygen atoms in total. The minimum absolute atomic E-state index is 0.0899. The highest BCUT2D eigenvalue weighted by Crippen LogP contribution is 2.08. The molecule has 0 radical (unpaired) electrons. The van der Waals surface area contributed by atoms with Crippen LogP contribution in [0.2, 0.25) is 0 Å². The number of hydrogen-bond donors (Lipinski definition) is 1. The number of likely N-dealkylation sites (tertiary alicyclic amines) is 1. The molecule has 1 amide bonds. The monoisotopic (exact) mass is 244 g/mol. The van der Waals surface area contributed by atoms with Crippen LogP contribution in [0.1, 0.15) is 19.3 Å². The molecule has 1 aliphatic rings. The average Bonchev–Trinajstić information content (AvgIpc) is 2.78. The van der Waals surface area contributed by atoms with E-state index in [-0.39, 0.29) is 12.5 Å². The number of carbonyl (C=O) groups excluding carboxylic acids is 1. The van der Waals surface area contributed by atoms with Gasteiger partial charge in [0.15, 0.2) is 0 Å². The van der Waals surface area contributed by atoms with Crippen LogP contribution in [0.5, 0.6) is 0 Å². The minimum atomic E-state index is -0.597. The molecule has 1 aliphatic heterocycles. The summed E-state index contributed by atoms with van der Waals surface area (Å²) in [5.41, 5.74) is 0. The van der Waals surface area contributed by atoms with Crippen molar-refractivity contribution in [2.45, 2.75) is 25.4 Å². The second kappa shape index (κ2) is 7.63. The van der Waals surface area contributed by atoms with Gasteiger partial charge in [-0.25, -0.2) is 0 Å². The van der Waals surface area contributed by atoms with E-state index < -0.39 is 6.10 Å². The Morgan fingerprint density at radius 1 is 1.47 bits per heavy atom. The maximum Gasteiger partial charge on any atom is 0.223 e. The van der Waals surface area contributed by atoms with Crippen molar-refractivity contribution in [2.75, 3.05) is 46.9 Å². The number of rotatable bonds is 7. The van der Waals surface area contributed by atoms with E-state index in [9.17, 15) is 9.90 Å². The molecule has 1 unspecified atom stereocenters.